The second kappa shape index (κ2) is 6.11. The maximum absolute atomic E-state index is 5.75. The number of rotatable bonds is 6. The molecular formula is C10H18N2OS. The molecule has 0 bridgehead atoms. The standard InChI is InChI=1S/C10H18N2OS/c1-12(4-6-14-2)10(7-11)9-3-5-13-8-9/h3,5,8,10H,4,6-7,11H2,1-2H3. The summed E-state index contributed by atoms with van der Waals surface area (Å²) >= 11 is 1.85. The fraction of sp³-hybridized carbons (Fsp3) is 0.600. The van der Waals surface area contributed by atoms with Gasteiger partial charge < -0.3 is 10.2 Å². The lowest BCUT2D eigenvalue weighted by atomic mass is 10.1. The van der Waals surface area contributed by atoms with E-state index in [2.05, 4.69) is 18.2 Å². The van der Waals surface area contributed by atoms with E-state index in [0.29, 0.717) is 6.54 Å². The summed E-state index contributed by atoms with van der Waals surface area (Å²) in [5, 5.41) is 0. The molecule has 3 nitrogen and oxygen atoms in total. The van der Waals surface area contributed by atoms with E-state index in [-0.39, 0.29) is 6.04 Å². The fourth-order valence-electron chi connectivity index (χ4n) is 1.43. The third-order valence-corrected chi connectivity index (χ3v) is 2.92. The van der Waals surface area contributed by atoms with Crippen molar-refractivity contribution >= 4 is 11.8 Å². The van der Waals surface area contributed by atoms with Gasteiger partial charge in [-0.2, -0.15) is 11.8 Å². The van der Waals surface area contributed by atoms with Crippen LogP contribution in [0.5, 0.6) is 0 Å². The zero-order chi connectivity index (χ0) is 10.4. The molecular weight excluding hydrogens is 196 g/mol. The van der Waals surface area contributed by atoms with Gasteiger partial charge in [0.25, 0.3) is 0 Å². The Bertz CT molecular complexity index is 238. The molecule has 1 aromatic heterocycles. The van der Waals surface area contributed by atoms with Gasteiger partial charge in [0.1, 0.15) is 0 Å². The zero-order valence-electron chi connectivity index (χ0n) is 8.77. The molecule has 1 atom stereocenters. The van der Waals surface area contributed by atoms with Crippen LogP contribution in [0.2, 0.25) is 0 Å². The second-order valence-corrected chi connectivity index (χ2v) is 4.27. The Morgan fingerprint density at radius 2 is 2.43 bits per heavy atom. The van der Waals surface area contributed by atoms with Crippen LogP contribution >= 0.6 is 11.8 Å². The van der Waals surface area contributed by atoms with Gasteiger partial charge in [0.15, 0.2) is 0 Å². The molecule has 14 heavy (non-hydrogen) atoms. The smallest absolute Gasteiger partial charge is 0.0950 e. The predicted octanol–water partition coefficient (Wildman–Crippen LogP) is 1.57. The fourth-order valence-corrected chi connectivity index (χ4v) is 1.90. The Morgan fingerprint density at radius 1 is 1.64 bits per heavy atom. The molecule has 0 aliphatic carbocycles. The highest BCUT2D eigenvalue weighted by atomic mass is 32.2. The van der Waals surface area contributed by atoms with Gasteiger partial charge in [-0.1, -0.05) is 0 Å². The number of likely N-dealkylation sites (N-methyl/N-ethyl adjacent to an activating group) is 1. The molecule has 1 unspecified atom stereocenters. The van der Waals surface area contributed by atoms with E-state index in [9.17, 15) is 0 Å². The molecule has 0 saturated heterocycles. The first kappa shape index (κ1) is 11.6. The predicted molar refractivity (Wildman–Crippen MR) is 61.5 cm³/mol. The highest BCUT2D eigenvalue weighted by Gasteiger charge is 2.15. The number of nitrogens with two attached hydrogens (primary N) is 1. The highest BCUT2D eigenvalue weighted by Crippen LogP contribution is 2.18. The zero-order valence-corrected chi connectivity index (χ0v) is 9.59. The van der Waals surface area contributed by atoms with E-state index in [1.54, 1.807) is 12.5 Å². The van der Waals surface area contributed by atoms with Crippen molar-refractivity contribution in [2.24, 2.45) is 5.73 Å². The third-order valence-electron chi connectivity index (χ3n) is 2.33. The van der Waals surface area contributed by atoms with E-state index in [1.807, 2.05) is 17.8 Å². The van der Waals surface area contributed by atoms with Crippen molar-refractivity contribution < 1.29 is 4.42 Å². The molecule has 0 radical (unpaired) electrons. The molecule has 1 rings (SSSR count). The summed E-state index contributed by atoms with van der Waals surface area (Å²) in [5.41, 5.74) is 6.91. The largest absolute Gasteiger partial charge is 0.472 e. The number of furan rings is 1. The van der Waals surface area contributed by atoms with Crippen LogP contribution in [-0.4, -0.2) is 37.0 Å². The van der Waals surface area contributed by atoms with E-state index in [4.69, 9.17) is 10.2 Å². The summed E-state index contributed by atoms with van der Waals surface area (Å²) in [5.74, 6) is 1.13. The van der Waals surface area contributed by atoms with Crippen LogP contribution in [0.4, 0.5) is 0 Å². The summed E-state index contributed by atoms with van der Waals surface area (Å²) in [6, 6.07) is 2.26. The maximum atomic E-state index is 5.75. The van der Waals surface area contributed by atoms with Gasteiger partial charge >= 0.3 is 0 Å². The molecule has 0 aliphatic heterocycles. The number of hydrogen-bond donors (Lipinski definition) is 1. The van der Waals surface area contributed by atoms with Crippen LogP contribution in [0.1, 0.15) is 11.6 Å². The van der Waals surface area contributed by atoms with Crippen LogP contribution in [0, 0.1) is 0 Å². The van der Waals surface area contributed by atoms with Crippen molar-refractivity contribution in [3.8, 4) is 0 Å². The minimum atomic E-state index is 0.279. The maximum Gasteiger partial charge on any atom is 0.0950 e. The topological polar surface area (TPSA) is 42.4 Å². The van der Waals surface area contributed by atoms with Crippen LogP contribution < -0.4 is 5.73 Å². The van der Waals surface area contributed by atoms with E-state index in [0.717, 1.165) is 17.9 Å². The van der Waals surface area contributed by atoms with Gasteiger partial charge in [0.05, 0.1) is 12.5 Å². The molecule has 0 spiro atoms. The summed E-state index contributed by atoms with van der Waals surface area (Å²) in [7, 11) is 2.10. The summed E-state index contributed by atoms with van der Waals surface area (Å²) in [6.45, 7) is 1.68. The lowest BCUT2D eigenvalue weighted by Gasteiger charge is -2.25. The summed E-state index contributed by atoms with van der Waals surface area (Å²) < 4.78 is 5.06. The average Bonchev–Trinajstić information content (AvgIpc) is 2.69. The van der Waals surface area contributed by atoms with Crippen LogP contribution in [0.15, 0.2) is 23.0 Å². The van der Waals surface area contributed by atoms with Crippen LogP contribution in [-0.2, 0) is 0 Å². The molecule has 4 heteroatoms. The molecule has 0 aromatic carbocycles. The number of nitrogens with zero attached hydrogens (tertiary/aromatic N) is 1. The second-order valence-electron chi connectivity index (χ2n) is 3.28. The molecule has 1 heterocycles. The van der Waals surface area contributed by atoms with Gasteiger partial charge in [0.2, 0.25) is 0 Å². The molecule has 80 valence electrons. The molecule has 0 saturated carbocycles. The Morgan fingerprint density at radius 3 is 2.93 bits per heavy atom. The number of thioether (sulfide) groups is 1. The Balaban J connectivity index is 2.53. The van der Waals surface area contributed by atoms with Crippen LogP contribution in [0.3, 0.4) is 0 Å². The average molecular weight is 214 g/mol. The normalized spacial score (nSPS) is 13.4. The molecule has 0 amide bonds. The van der Waals surface area contributed by atoms with Crippen molar-refractivity contribution in [2.45, 2.75) is 6.04 Å². The Kier molecular flexibility index (Phi) is 5.07. The van der Waals surface area contributed by atoms with Crippen molar-refractivity contribution in [2.75, 3.05) is 32.1 Å². The summed E-state index contributed by atoms with van der Waals surface area (Å²) in [6.07, 6.45) is 5.58. The molecule has 0 fully saturated rings. The van der Waals surface area contributed by atoms with Crippen molar-refractivity contribution in [1.82, 2.24) is 4.90 Å². The van der Waals surface area contributed by atoms with E-state index in [1.165, 1.54) is 0 Å². The highest BCUT2D eigenvalue weighted by molar-refractivity contribution is 7.98. The molecule has 2 N–H and O–H groups in total. The first-order chi connectivity index (χ1) is 6.79. The van der Waals surface area contributed by atoms with Crippen molar-refractivity contribution in [3.05, 3.63) is 24.2 Å². The van der Waals surface area contributed by atoms with E-state index < -0.39 is 0 Å². The first-order valence-corrected chi connectivity index (χ1v) is 6.10. The SMILES string of the molecule is CSCCN(C)C(CN)c1ccoc1. The van der Waals surface area contributed by atoms with Crippen molar-refractivity contribution in [1.29, 1.82) is 0 Å². The van der Waals surface area contributed by atoms with Gasteiger partial charge in [-0.05, 0) is 19.4 Å². The quantitative estimate of drug-likeness (QED) is 0.780. The van der Waals surface area contributed by atoms with Gasteiger partial charge in [-0.15, -0.1) is 0 Å². The molecule has 1 aromatic rings. The lowest BCUT2D eigenvalue weighted by Crippen LogP contribution is -2.31. The van der Waals surface area contributed by atoms with Crippen LogP contribution in [0.25, 0.3) is 0 Å². The monoisotopic (exact) mass is 214 g/mol. The Hall–Kier alpha value is -0.450. The van der Waals surface area contributed by atoms with E-state index >= 15 is 0 Å². The van der Waals surface area contributed by atoms with Gasteiger partial charge in [-0.25, -0.2) is 0 Å². The Labute approximate surface area is 89.6 Å². The minimum Gasteiger partial charge on any atom is -0.472 e. The lowest BCUT2D eigenvalue weighted by molar-refractivity contribution is 0.264. The molecule has 0 aliphatic rings. The van der Waals surface area contributed by atoms with Gasteiger partial charge in [0, 0.05) is 30.4 Å². The number of hydrogen-bond acceptors (Lipinski definition) is 4. The summed E-state index contributed by atoms with van der Waals surface area (Å²) in [4.78, 5) is 2.27. The first-order valence-electron chi connectivity index (χ1n) is 4.71. The third kappa shape index (κ3) is 3.04. The van der Waals surface area contributed by atoms with Gasteiger partial charge in [-0.3, -0.25) is 4.90 Å². The minimum absolute atomic E-state index is 0.279. The van der Waals surface area contributed by atoms with Crippen molar-refractivity contribution in [3.63, 3.8) is 0 Å².